The second-order valence-corrected chi connectivity index (χ2v) is 7.02. The van der Waals surface area contributed by atoms with E-state index >= 15 is 0 Å². The van der Waals surface area contributed by atoms with Gasteiger partial charge in [0.1, 0.15) is 0 Å². The van der Waals surface area contributed by atoms with Crippen LogP contribution < -0.4 is 5.32 Å². The number of carbonyl (C=O) groups excluding carboxylic acids is 1. The van der Waals surface area contributed by atoms with Crippen LogP contribution in [0.15, 0.2) is 30.7 Å². The van der Waals surface area contributed by atoms with Gasteiger partial charge in [-0.15, -0.1) is 11.3 Å². The van der Waals surface area contributed by atoms with Crippen LogP contribution in [0.4, 0.5) is 0 Å². The van der Waals surface area contributed by atoms with Crippen LogP contribution in [0.5, 0.6) is 0 Å². The van der Waals surface area contributed by atoms with Gasteiger partial charge < -0.3 is 10.2 Å². The molecule has 0 saturated carbocycles. The first kappa shape index (κ1) is 13.8. The second kappa shape index (κ2) is 5.78. The maximum Gasteiger partial charge on any atom is 0.280 e. The minimum Gasteiger partial charge on any atom is -0.346 e. The Balaban J connectivity index is 1.46. The lowest BCUT2D eigenvalue weighted by Gasteiger charge is -2.44. The first-order chi connectivity index (χ1) is 10.8. The molecule has 3 fully saturated rings. The van der Waals surface area contributed by atoms with Gasteiger partial charge >= 0.3 is 0 Å². The quantitative estimate of drug-likeness (QED) is 0.942. The van der Waals surface area contributed by atoms with Crippen molar-refractivity contribution in [3.05, 3.63) is 35.7 Å². The van der Waals surface area contributed by atoms with E-state index < -0.39 is 0 Å². The van der Waals surface area contributed by atoms with E-state index in [1.165, 1.54) is 37.3 Å². The number of rotatable bonds is 3. The number of thiazole rings is 1. The van der Waals surface area contributed by atoms with Crippen LogP contribution in [-0.2, 0) is 0 Å². The van der Waals surface area contributed by atoms with E-state index in [0.717, 1.165) is 17.0 Å². The topological polar surface area (TPSA) is 58.1 Å². The normalized spacial score (nSPS) is 26.8. The maximum atomic E-state index is 12.4. The van der Waals surface area contributed by atoms with E-state index in [-0.39, 0.29) is 11.9 Å². The molecule has 6 heteroatoms. The Bertz CT molecular complexity index is 664. The van der Waals surface area contributed by atoms with E-state index in [1.807, 2.05) is 12.1 Å². The Hall–Kier alpha value is -1.79. The van der Waals surface area contributed by atoms with Crippen molar-refractivity contribution in [2.45, 2.75) is 18.9 Å². The lowest BCUT2D eigenvalue weighted by atomic mass is 9.84. The second-order valence-electron chi connectivity index (χ2n) is 5.99. The molecular formula is C16H18N4OS. The third-order valence-corrected chi connectivity index (χ3v) is 5.66. The Morgan fingerprint density at radius 3 is 2.86 bits per heavy atom. The van der Waals surface area contributed by atoms with Crippen molar-refractivity contribution < 1.29 is 4.79 Å². The van der Waals surface area contributed by atoms with Crippen molar-refractivity contribution in [3.8, 4) is 10.4 Å². The van der Waals surface area contributed by atoms with Crippen molar-refractivity contribution in [1.29, 1.82) is 0 Å². The highest BCUT2D eigenvalue weighted by Gasteiger charge is 2.35. The highest BCUT2D eigenvalue weighted by Crippen LogP contribution is 2.29. The van der Waals surface area contributed by atoms with Crippen LogP contribution >= 0.6 is 11.3 Å². The molecular weight excluding hydrogens is 296 g/mol. The van der Waals surface area contributed by atoms with E-state index in [1.54, 1.807) is 18.6 Å². The monoisotopic (exact) mass is 314 g/mol. The van der Waals surface area contributed by atoms with E-state index in [0.29, 0.717) is 10.9 Å². The molecule has 0 unspecified atom stereocenters. The number of aromatic nitrogens is 2. The van der Waals surface area contributed by atoms with Gasteiger partial charge in [-0.3, -0.25) is 9.78 Å². The van der Waals surface area contributed by atoms with E-state index in [9.17, 15) is 4.79 Å². The van der Waals surface area contributed by atoms with Crippen molar-refractivity contribution in [2.75, 3.05) is 19.6 Å². The molecule has 3 saturated heterocycles. The number of hydrogen-bond donors (Lipinski definition) is 1. The molecule has 0 radical (unpaired) electrons. The number of nitrogens with zero attached hydrogens (tertiary/aromatic N) is 3. The smallest absolute Gasteiger partial charge is 0.280 e. The fraction of sp³-hybridized carbons (Fsp3) is 0.438. The minimum absolute atomic E-state index is 0.0427. The van der Waals surface area contributed by atoms with Gasteiger partial charge in [-0.1, -0.05) is 6.07 Å². The lowest BCUT2D eigenvalue weighted by Crippen LogP contribution is -2.57. The Morgan fingerprint density at radius 2 is 2.18 bits per heavy atom. The molecule has 22 heavy (non-hydrogen) atoms. The summed E-state index contributed by atoms with van der Waals surface area (Å²) in [7, 11) is 0. The van der Waals surface area contributed by atoms with Crippen LogP contribution in [0.3, 0.4) is 0 Å². The molecule has 2 aromatic heterocycles. The molecule has 1 amide bonds. The van der Waals surface area contributed by atoms with Crippen LogP contribution in [-0.4, -0.2) is 46.5 Å². The van der Waals surface area contributed by atoms with Crippen molar-refractivity contribution in [3.63, 3.8) is 0 Å². The molecule has 0 aromatic carbocycles. The fourth-order valence-electron chi connectivity index (χ4n) is 3.38. The summed E-state index contributed by atoms with van der Waals surface area (Å²) in [5, 5.41) is 3.72. The van der Waals surface area contributed by atoms with Crippen molar-refractivity contribution in [2.24, 2.45) is 5.92 Å². The molecule has 2 aromatic rings. The summed E-state index contributed by atoms with van der Waals surface area (Å²) in [6, 6.07) is 4.15. The largest absolute Gasteiger partial charge is 0.346 e. The molecule has 0 spiro atoms. The summed E-state index contributed by atoms with van der Waals surface area (Å²) in [6.45, 7) is 3.34. The molecule has 3 aliphatic rings. The number of hydrogen-bond acceptors (Lipinski definition) is 5. The molecule has 114 valence electrons. The molecule has 1 N–H and O–H groups in total. The van der Waals surface area contributed by atoms with Crippen LogP contribution in [0.1, 0.15) is 22.6 Å². The predicted octanol–water partition coefficient (Wildman–Crippen LogP) is 2.03. The summed E-state index contributed by atoms with van der Waals surface area (Å²) in [5.74, 6) is 0.589. The Labute approximate surface area is 133 Å². The summed E-state index contributed by atoms with van der Waals surface area (Å²) in [5.41, 5.74) is 1.00. The number of nitrogens with one attached hydrogen (secondary N) is 1. The summed E-state index contributed by atoms with van der Waals surface area (Å²) in [4.78, 5) is 24.2. The number of pyridine rings is 1. The summed E-state index contributed by atoms with van der Waals surface area (Å²) in [6.07, 6.45) is 7.69. The average Bonchev–Trinajstić information content (AvgIpc) is 3.07. The van der Waals surface area contributed by atoms with Gasteiger partial charge in [0.15, 0.2) is 5.01 Å². The molecule has 5 heterocycles. The van der Waals surface area contributed by atoms with Crippen molar-refractivity contribution >= 4 is 17.2 Å². The maximum absolute atomic E-state index is 12.4. The highest BCUT2D eigenvalue weighted by molar-refractivity contribution is 7.16. The Kier molecular flexibility index (Phi) is 3.63. The number of amides is 1. The standard InChI is InChI=1S/C16H18N4OS/c21-15(19-13-10-20-6-3-11(13)4-7-20)16-18-9-14(22-16)12-2-1-5-17-8-12/h1-2,5,8-9,11,13H,3-4,6-7,10H2,(H,19,21)/t13-/m0/s1. The van der Waals surface area contributed by atoms with Gasteiger partial charge in [-0.05, 0) is 37.9 Å². The fourth-order valence-corrected chi connectivity index (χ4v) is 4.19. The SMILES string of the molecule is O=C(N[C@H]1CN2CCC1CC2)c1ncc(-c2cccnc2)s1. The first-order valence-corrected chi connectivity index (χ1v) is 8.51. The van der Waals surface area contributed by atoms with Crippen molar-refractivity contribution in [1.82, 2.24) is 20.2 Å². The van der Waals surface area contributed by atoms with Gasteiger partial charge in [-0.25, -0.2) is 4.98 Å². The highest BCUT2D eigenvalue weighted by atomic mass is 32.1. The van der Waals surface area contributed by atoms with Crippen LogP contribution in [0.2, 0.25) is 0 Å². The summed E-state index contributed by atoms with van der Waals surface area (Å²) >= 11 is 1.43. The van der Waals surface area contributed by atoms with E-state index in [4.69, 9.17) is 0 Å². The molecule has 1 atom stereocenters. The zero-order valence-electron chi connectivity index (χ0n) is 12.2. The molecule has 5 nitrogen and oxygen atoms in total. The van der Waals surface area contributed by atoms with Gasteiger partial charge in [0.05, 0.1) is 4.88 Å². The van der Waals surface area contributed by atoms with Gasteiger partial charge in [-0.2, -0.15) is 0 Å². The first-order valence-electron chi connectivity index (χ1n) is 7.69. The minimum atomic E-state index is -0.0427. The predicted molar refractivity (Wildman–Crippen MR) is 85.8 cm³/mol. The lowest BCUT2D eigenvalue weighted by molar-refractivity contribution is 0.0620. The van der Waals surface area contributed by atoms with Crippen LogP contribution in [0, 0.1) is 5.92 Å². The molecule has 0 aliphatic carbocycles. The van der Waals surface area contributed by atoms with E-state index in [2.05, 4.69) is 20.2 Å². The third kappa shape index (κ3) is 2.64. The number of carbonyl (C=O) groups is 1. The molecule has 3 aliphatic heterocycles. The number of piperidine rings is 3. The third-order valence-electron chi connectivity index (χ3n) is 4.62. The number of fused-ring (bicyclic) bond motifs is 3. The average molecular weight is 314 g/mol. The van der Waals surface area contributed by atoms with Gasteiger partial charge in [0.2, 0.25) is 0 Å². The molecule has 2 bridgehead atoms. The van der Waals surface area contributed by atoms with Gasteiger partial charge in [0, 0.05) is 36.7 Å². The van der Waals surface area contributed by atoms with Crippen LogP contribution in [0.25, 0.3) is 10.4 Å². The Morgan fingerprint density at radius 1 is 1.32 bits per heavy atom. The molecule has 5 rings (SSSR count). The summed E-state index contributed by atoms with van der Waals surface area (Å²) < 4.78 is 0. The van der Waals surface area contributed by atoms with Gasteiger partial charge in [0.25, 0.3) is 5.91 Å². The zero-order valence-corrected chi connectivity index (χ0v) is 13.1. The zero-order chi connectivity index (χ0) is 14.9.